The summed E-state index contributed by atoms with van der Waals surface area (Å²) in [6, 6.07) is 2.59. The van der Waals surface area contributed by atoms with Crippen molar-refractivity contribution >= 4 is 19.7 Å². The number of hydrogen-bond acceptors (Lipinski definition) is 0. The predicted octanol–water partition coefficient (Wildman–Crippen LogP) is 3.90. The normalized spacial score (nSPS) is 11.6. The summed E-state index contributed by atoms with van der Waals surface area (Å²) in [5.74, 6) is 0.812. The summed E-state index contributed by atoms with van der Waals surface area (Å²) < 4.78 is 0. The Balaban J connectivity index is 3.70. The van der Waals surface area contributed by atoms with E-state index in [0.29, 0.717) is 0 Å². The van der Waals surface area contributed by atoms with Crippen LogP contribution in [0.4, 0.5) is 0 Å². The van der Waals surface area contributed by atoms with Gasteiger partial charge in [0.2, 0.25) is 0 Å². The molecule has 0 aliphatic rings. The molecule has 0 heterocycles. The summed E-state index contributed by atoms with van der Waals surface area (Å²) in [5.41, 5.74) is 1.33. The topological polar surface area (TPSA) is 0 Å². The van der Waals surface area contributed by atoms with Crippen molar-refractivity contribution in [1.29, 1.82) is 0 Å². The van der Waals surface area contributed by atoms with E-state index in [1.54, 1.807) is 0 Å². The van der Waals surface area contributed by atoms with Crippen LogP contribution in [-0.2, 0) is 0 Å². The second kappa shape index (κ2) is 4.99. The van der Waals surface area contributed by atoms with Gasteiger partial charge in [0.25, 0.3) is 0 Å². The van der Waals surface area contributed by atoms with Gasteiger partial charge in [-0.15, -0.1) is 18.2 Å². The molecule has 0 aromatic heterocycles. The van der Waals surface area contributed by atoms with Crippen LogP contribution in [0.3, 0.4) is 0 Å². The number of hydrogen-bond donors (Lipinski definition) is 0. The molecule has 0 bridgehead atoms. The average molecular weight is 191 g/mol. The highest BCUT2D eigenvalue weighted by molar-refractivity contribution is 6.77. The number of allylic oxidation sites excluding steroid dienone is 1. The Kier molecular flexibility index (Phi) is 5.10. The molecule has 66 valence electrons. The predicted molar refractivity (Wildman–Crippen MR) is 57.2 cm³/mol. The molecule has 0 unspecified atom stereocenters. The van der Waals surface area contributed by atoms with Crippen LogP contribution in [0.1, 0.15) is 13.3 Å². The molecule has 0 nitrogen and oxygen atoms in total. The van der Waals surface area contributed by atoms with E-state index in [4.69, 9.17) is 11.6 Å². The molecule has 11 heavy (non-hydrogen) atoms. The van der Waals surface area contributed by atoms with Crippen LogP contribution in [0.25, 0.3) is 0 Å². The van der Waals surface area contributed by atoms with Gasteiger partial charge in [-0.05, 0) is 19.4 Å². The zero-order chi connectivity index (χ0) is 8.91. The van der Waals surface area contributed by atoms with E-state index in [9.17, 15) is 0 Å². The third kappa shape index (κ3) is 6.64. The van der Waals surface area contributed by atoms with E-state index < -0.39 is 8.07 Å². The fourth-order valence-electron chi connectivity index (χ4n) is 1.45. The molecule has 0 aliphatic carbocycles. The Morgan fingerprint density at radius 1 is 1.45 bits per heavy atom. The molecule has 2 heteroatoms. The van der Waals surface area contributed by atoms with Crippen LogP contribution >= 0.6 is 11.6 Å². The Morgan fingerprint density at radius 3 is 2.36 bits per heavy atom. The Hall–Kier alpha value is 0.247. The van der Waals surface area contributed by atoms with Gasteiger partial charge in [-0.25, -0.2) is 0 Å². The van der Waals surface area contributed by atoms with Crippen molar-refractivity contribution in [3.05, 3.63) is 12.2 Å². The van der Waals surface area contributed by atoms with Crippen molar-refractivity contribution in [3.8, 4) is 0 Å². The van der Waals surface area contributed by atoms with E-state index in [2.05, 4.69) is 26.6 Å². The first-order valence-corrected chi connectivity index (χ1v) is 8.13. The molecular formula is C9H19ClSi. The van der Waals surface area contributed by atoms with Crippen LogP contribution in [-0.4, -0.2) is 14.0 Å². The van der Waals surface area contributed by atoms with Crippen molar-refractivity contribution < 1.29 is 0 Å². The minimum absolute atomic E-state index is 0.812. The Labute approximate surface area is 76.7 Å². The van der Waals surface area contributed by atoms with Crippen LogP contribution in [0.2, 0.25) is 25.2 Å². The lowest BCUT2D eigenvalue weighted by Gasteiger charge is -2.21. The highest BCUT2D eigenvalue weighted by Gasteiger charge is 2.19. The smallest absolute Gasteiger partial charge is 0.0514 e. The van der Waals surface area contributed by atoms with Crippen LogP contribution < -0.4 is 0 Å². The zero-order valence-corrected chi connectivity index (χ0v) is 9.67. The molecule has 0 spiro atoms. The maximum Gasteiger partial charge on any atom is 0.0514 e. The first kappa shape index (κ1) is 11.2. The highest BCUT2D eigenvalue weighted by Crippen LogP contribution is 2.21. The number of halogens is 1. The third-order valence-corrected chi connectivity index (χ3v) is 5.30. The lowest BCUT2D eigenvalue weighted by molar-refractivity contribution is 1.04. The summed E-state index contributed by atoms with van der Waals surface area (Å²) in [5, 5.41) is 0. The fourth-order valence-corrected chi connectivity index (χ4v) is 4.75. The molecule has 0 radical (unpaired) electrons. The molecule has 0 N–H and O–H groups in total. The SMILES string of the molecule is C=C(C)C[Si](C)(C)CCCCl. The first-order chi connectivity index (χ1) is 4.98. The van der Waals surface area contributed by atoms with Crippen molar-refractivity contribution in [2.75, 3.05) is 5.88 Å². The minimum Gasteiger partial charge on any atom is -0.127 e. The van der Waals surface area contributed by atoms with Gasteiger partial charge in [0, 0.05) is 5.88 Å². The number of alkyl halides is 1. The summed E-state index contributed by atoms with van der Waals surface area (Å²) in [4.78, 5) is 0. The van der Waals surface area contributed by atoms with Crippen LogP contribution in [0, 0.1) is 0 Å². The van der Waals surface area contributed by atoms with Gasteiger partial charge >= 0.3 is 0 Å². The van der Waals surface area contributed by atoms with Crippen molar-refractivity contribution in [2.24, 2.45) is 0 Å². The lowest BCUT2D eigenvalue weighted by Crippen LogP contribution is -2.24. The van der Waals surface area contributed by atoms with Gasteiger partial charge < -0.3 is 0 Å². The van der Waals surface area contributed by atoms with E-state index in [1.165, 1.54) is 24.1 Å². The molecule has 0 atom stereocenters. The Morgan fingerprint density at radius 2 is 2.00 bits per heavy atom. The Bertz CT molecular complexity index is 130. The molecule has 0 saturated carbocycles. The zero-order valence-electron chi connectivity index (χ0n) is 7.91. The third-order valence-electron chi connectivity index (χ3n) is 1.77. The van der Waals surface area contributed by atoms with Crippen LogP contribution in [0.15, 0.2) is 12.2 Å². The highest BCUT2D eigenvalue weighted by atomic mass is 35.5. The molecule has 0 amide bonds. The number of rotatable bonds is 5. The summed E-state index contributed by atoms with van der Waals surface area (Å²) >= 11 is 5.64. The lowest BCUT2D eigenvalue weighted by atomic mass is 10.4. The molecule has 0 aromatic rings. The molecule has 0 aromatic carbocycles. The summed E-state index contributed by atoms with van der Waals surface area (Å²) in [6.45, 7) is 10.9. The van der Waals surface area contributed by atoms with Gasteiger partial charge in [-0.2, -0.15) is 0 Å². The van der Waals surface area contributed by atoms with Crippen LogP contribution in [0.5, 0.6) is 0 Å². The fraction of sp³-hybridized carbons (Fsp3) is 0.778. The summed E-state index contributed by atoms with van der Waals surface area (Å²) in [6.07, 6.45) is 1.17. The quantitative estimate of drug-likeness (QED) is 0.351. The van der Waals surface area contributed by atoms with Crippen molar-refractivity contribution in [2.45, 2.75) is 38.5 Å². The largest absolute Gasteiger partial charge is 0.127 e. The van der Waals surface area contributed by atoms with Gasteiger partial charge in [0.15, 0.2) is 0 Å². The average Bonchev–Trinajstić information content (AvgIpc) is 1.81. The molecule has 0 rings (SSSR count). The summed E-state index contributed by atoms with van der Waals surface area (Å²) in [7, 11) is -0.971. The van der Waals surface area contributed by atoms with E-state index in [-0.39, 0.29) is 0 Å². The van der Waals surface area contributed by atoms with Gasteiger partial charge in [0.05, 0.1) is 8.07 Å². The monoisotopic (exact) mass is 190 g/mol. The van der Waals surface area contributed by atoms with Crippen molar-refractivity contribution in [3.63, 3.8) is 0 Å². The standard InChI is InChI=1S/C9H19ClSi/c1-9(2)8-11(3,4)7-5-6-10/h1,5-8H2,2-4H3. The maximum atomic E-state index is 5.64. The van der Waals surface area contributed by atoms with Gasteiger partial charge in [-0.1, -0.05) is 24.7 Å². The van der Waals surface area contributed by atoms with E-state index >= 15 is 0 Å². The second-order valence-corrected chi connectivity index (χ2v) is 9.65. The van der Waals surface area contributed by atoms with Crippen molar-refractivity contribution in [1.82, 2.24) is 0 Å². The van der Waals surface area contributed by atoms with Gasteiger partial charge in [-0.3, -0.25) is 0 Å². The second-order valence-electron chi connectivity index (χ2n) is 4.09. The van der Waals surface area contributed by atoms with Gasteiger partial charge in [0.1, 0.15) is 0 Å². The first-order valence-electron chi connectivity index (χ1n) is 4.18. The maximum absolute atomic E-state index is 5.64. The molecule has 0 saturated heterocycles. The minimum atomic E-state index is -0.971. The van der Waals surface area contributed by atoms with E-state index in [0.717, 1.165) is 5.88 Å². The van der Waals surface area contributed by atoms with E-state index in [1.807, 2.05) is 0 Å². The molecular weight excluding hydrogens is 172 g/mol. The molecule has 0 aliphatic heterocycles. The molecule has 0 fully saturated rings.